The van der Waals surface area contributed by atoms with Gasteiger partial charge in [-0.3, -0.25) is 14.4 Å². The maximum absolute atomic E-state index is 13.2. The van der Waals surface area contributed by atoms with Crippen LogP contribution in [0.2, 0.25) is 0 Å². The van der Waals surface area contributed by atoms with Crippen molar-refractivity contribution in [2.24, 2.45) is 0 Å². The Morgan fingerprint density at radius 3 is 2.81 bits per heavy atom. The van der Waals surface area contributed by atoms with Crippen molar-refractivity contribution in [3.63, 3.8) is 0 Å². The van der Waals surface area contributed by atoms with Gasteiger partial charge in [0, 0.05) is 37.8 Å². The fourth-order valence-electron chi connectivity index (χ4n) is 4.04. The molecule has 2 aliphatic rings. The molecule has 0 bridgehead atoms. The number of hydrogen-bond donors (Lipinski definition) is 2. The number of aromatic nitrogens is 2. The lowest BCUT2D eigenvalue weighted by atomic mass is 9.96. The SMILES string of the molecule is CNC(=O)c1cnc([C@H]2CCCN(C(=O)c3ccc4c(c3)NC(=O)C(C)(C)O4)C2)nc1C. The van der Waals surface area contributed by atoms with Crippen LogP contribution in [0.25, 0.3) is 0 Å². The Morgan fingerprint density at radius 1 is 1.31 bits per heavy atom. The number of piperidine rings is 1. The fraction of sp³-hybridized carbons (Fsp3) is 0.435. The second-order valence-corrected chi connectivity index (χ2v) is 8.67. The molecule has 0 radical (unpaired) electrons. The zero-order chi connectivity index (χ0) is 23.0. The number of likely N-dealkylation sites (tertiary alicyclic amines) is 1. The molecule has 0 unspecified atom stereocenters. The molecule has 1 aromatic heterocycles. The highest BCUT2D eigenvalue weighted by Gasteiger charge is 2.36. The first kappa shape index (κ1) is 21.7. The molecule has 9 nitrogen and oxygen atoms in total. The largest absolute Gasteiger partial charge is 0.476 e. The van der Waals surface area contributed by atoms with E-state index >= 15 is 0 Å². The molecule has 2 aliphatic heterocycles. The summed E-state index contributed by atoms with van der Waals surface area (Å²) in [5.74, 6) is 0.590. The van der Waals surface area contributed by atoms with Crippen molar-refractivity contribution in [2.45, 2.75) is 45.1 Å². The van der Waals surface area contributed by atoms with E-state index < -0.39 is 5.60 Å². The summed E-state index contributed by atoms with van der Waals surface area (Å²) < 4.78 is 5.75. The maximum Gasteiger partial charge on any atom is 0.268 e. The Kier molecular flexibility index (Phi) is 5.58. The zero-order valence-electron chi connectivity index (χ0n) is 18.7. The van der Waals surface area contributed by atoms with E-state index in [0.29, 0.717) is 47.2 Å². The van der Waals surface area contributed by atoms with Gasteiger partial charge < -0.3 is 20.3 Å². The Balaban J connectivity index is 1.51. The minimum Gasteiger partial charge on any atom is -0.476 e. The Hall–Kier alpha value is -3.49. The van der Waals surface area contributed by atoms with Crippen LogP contribution in [0.3, 0.4) is 0 Å². The third kappa shape index (κ3) is 4.02. The van der Waals surface area contributed by atoms with Crippen LogP contribution >= 0.6 is 0 Å². The minimum atomic E-state index is -0.954. The molecule has 32 heavy (non-hydrogen) atoms. The number of benzene rings is 1. The van der Waals surface area contributed by atoms with Crippen LogP contribution in [0.5, 0.6) is 5.75 Å². The summed E-state index contributed by atoms with van der Waals surface area (Å²) in [6, 6.07) is 5.10. The van der Waals surface area contributed by atoms with E-state index in [2.05, 4.69) is 20.6 Å². The predicted octanol–water partition coefficient (Wildman–Crippen LogP) is 2.27. The Bertz CT molecular complexity index is 1100. The summed E-state index contributed by atoms with van der Waals surface area (Å²) in [6.45, 7) is 6.31. The van der Waals surface area contributed by atoms with Gasteiger partial charge in [0.1, 0.15) is 11.6 Å². The van der Waals surface area contributed by atoms with E-state index in [0.717, 1.165) is 12.8 Å². The molecular formula is C23H27N5O4. The Labute approximate surface area is 186 Å². The lowest BCUT2D eigenvalue weighted by Crippen LogP contribution is -2.45. The number of carbonyl (C=O) groups is 3. The molecule has 0 spiro atoms. The molecule has 2 N–H and O–H groups in total. The molecule has 9 heteroatoms. The highest BCUT2D eigenvalue weighted by Crippen LogP contribution is 2.35. The van der Waals surface area contributed by atoms with Gasteiger partial charge >= 0.3 is 0 Å². The number of anilines is 1. The number of rotatable bonds is 3. The second kappa shape index (κ2) is 8.22. The van der Waals surface area contributed by atoms with Gasteiger partial charge in [0.25, 0.3) is 17.7 Å². The molecule has 1 saturated heterocycles. The number of amides is 3. The van der Waals surface area contributed by atoms with E-state index in [1.807, 2.05) is 0 Å². The van der Waals surface area contributed by atoms with Gasteiger partial charge in [0.15, 0.2) is 5.60 Å². The molecule has 168 valence electrons. The monoisotopic (exact) mass is 437 g/mol. The molecule has 2 aromatic rings. The lowest BCUT2D eigenvalue weighted by molar-refractivity contribution is -0.129. The minimum absolute atomic E-state index is 0.00778. The van der Waals surface area contributed by atoms with E-state index in [1.165, 1.54) is 0 Å². The van der Waals surface area contributed by atoms with Crippen LogP contribution in [-0.4, -0.2) is 58.3 Å². The van der Waals surface area contributed by atoms with E-state index in [1.54, 1.807) is 57.1 Å². The molecular weight excluding hydrogens is 410 g/mol. The molecule has 1 fully saturated rings. The van der Waals surface area contributed by atoms with Crippen LogP contribution in [0, 0.1) is 6.92 Å². The van der Waals surface area contributed by atoms with Gasteiger partial charge in [-0.1, -0.05) is 0 Å². The first-order valence-electron chi connectivity index (χ1n) is 10.7. The molecule has 1 aromatic carbocycles. The third-order valence-electron chi connectivity index (χ3n) is 5.93. The van der Waals surface area contributed by atoms with Gasteiger partial charge in [0.2, 0.25) is 0 Å². The number of aryl methyl sites for hydroxylation is 1. The second-order valence-electron chi connectivity index (χ2n) is 8.67. The predicted molar refractivity (Wildman–Crippen MR) is 118 cm³/mol. The molecule has 3 amide bonds. The van der Waals surface area contributed by atoms with Crippen molar-refractivity contribution >= 4 is 23.4 Å². The quantitative estimate of drug-likeness (QED) is 0.762. The molecule has 3 heterocycles. The summed E-state index contributed by atoms with van der Waals surface area (Å²) in [5.41, 5.74) is 1.09. The zero-order valence-corrected chi connectivity index (χ0v) is 18.7. The average molecular weight is 438 g/mol. The van der Waals surface area contributed by atoms with Gasteiger partial charge in [-0.15, -0.1) is 0 Å². The molecule has 4 rings (SSSR count). The maximum atomic E-state index is 13.2. The van der Waals surface area contributed by atoms with Crippen LogP contribution < -0.4 is 15.4 Å². The van der Waals surface area contributed by atoms with Gasteiger partial charge in [-0.2, -0.15) is 0 Å². The van der Waals surface area contributed by atoms with Crippen molar-refractivity contribution in [2.75, 3.05) is 25.5 Å². The van der Waals surface area contributed by atoms with Gasteiger partial charge in [-0.25, -0.2) is 9.97 Å². The number of nitrogens with one attached hydrogen (secondary N) is 2. The van der Waals surface area contributed by atoms with Gasteiger partial charge in [0.05, 0.1) is 16.9 Å². The normalized spacial score (nSPS) is 19.4. The van der Waals surface area contributed by atoms with Crippen molar-refractivity contribution in [1.82, 2.24) is 20.2 Å². The topological polar surface area (TPSA) is 114 Å². The fourth-order valence-corrected chi connectivity index (χ4v) is 4.04. The summed E-state index contributed by atoms with van der Waals surface area (Å²) >= 11 is 0. The number of nitrogens with zero attached hydrogens (tertiary/aromatic N) is 3. The molecule has 1 atom stereocenters. The number of carbonyl (C=O) groups excluding carboxylic acids is 3. The summed E-state index contributed by atoms with van der Waals surface area (Å²) in [6.07, 6.45) is 3.24. The van der Waals surface area contributed by atoms with E-state index in [9.17, 15) is 14.4 Å². The van der Waals surface area contributed by atoms with Crippen LogP contribution in [0.4, 0.5) is 5.69 Å². The third-order valence-corrected chi connectivity index (χ3v) is 5.93. The van der Waals surface area contributed by atoms with Gasteiger partial charge in [-0.05, 0) is 51.8 Å². The number of fused-ring (bicyclic) bond motifs is 1. The van der Waals surface area contributed by atoms with Crippen LogP contribution in [-0.2, 0) is 4.79 Å². The first-order valence-corrected chi connectivity index (χ1v) is 10.7. The smallest absolute Gasteiger partial charge is 0.268 e. The average Bonchev–Trinajstić information content (AvgIpc) is 2.78. The highest BCUT2D eigenvalue weighted by molar-refractivity contribution is 6.02. The van der Waals surface area contributed by atoms with Crippen LogP contribution in [0.15, 0.2) is 24.4 Å². The summed E-state index contributed by atoms with van der Waals surface area (Å²) in [4.78, 5) is 48.0. The highest BCUT2D eigenvalue weighted by atomic mass is 16.5. The first-order chi connectivity index (χ1) is 15.2. The lowest BCUT2D eigenvalue weighted by Gasteiger charge is -2.33. The molecule has 0 aliphatic carbocycles. The standard InChI is InChI=1S/C23H27N5O4/c1-13-16(20(29)24-4)11-25-19(26-13)15-6-5-9-28(12-15)21(30)14-7-8-18-17(10-14)27-22(31)23(2,3)32-18/h7-8,10-11,15H,5-6,9,12H2,1-4H3,(H,24,29)(H,27,31)/t15-/m0/s1. The Morgan fingerprint density at radius 2 is 2.09 bits per heavy atom. The van der Waals surface area contributed by atoms with Crippen LogP contribution in [0.1, 0.15) is 64.8 Å². The van der Waals surface area contributed by atoms with Crippen molar-refractivity contribution in [3.05, 3.63) is 47.0 Å². The van der Waals surface area contributed by atoms with Crippen molar-refractivity contribution < 1.29 is 19.1 Å². The number of hydrogen-bond acceptors (Lipinski definition) is 6. The summed E-state index contributed by atoms with van der Waals surface area (Å²) in [5, 5.41) is 5.40. The number of ether oxygens (including phenoxy) is 1. The van der Waals surface area contributed by atoms with Crippen molar-refractivity contribution in [1.29, 1.82) is 0 Å². The van der Waals surface area contributed by atoms with Crippen molar-refractivity contribution in [3.8, 4) is 5.75 Å². The summed E-state index contributed by atoms with van der Waals surface area (Å²) in [7, 11) is 1.57. The molecule has 0 saturated carbocycles. The van der Waals surface area contributed by atoms with E-state index in [4.69, 9.17) is 4.74 Å². The van der Waals surface area contributed by atoms with E-state index in [-0.39, 0.29) is 23.6 Å².